The van der Waals surface area contributed by atoms with Gasteiger partial charge in [0.2, 0.25) is 11.8 Å². The van der Waals surface area contributed by atoms with E-state index in [9.17, 15) is 24.0 Å². The van der Waals surface area contributed by atoms with Crippen LogP contribution in [-0.4, -0.2) is 37.3 Å². The van der Waals surface area contributed by atoms with Gasteiger partial charge < -0.3 is 20.1 Å². The van der Waals surface area contributed by atoms with Crippen LogP contribution in [-0.2, 0) is 19.1 Å². The minimum atomic E-state index is -1.33. The van der Waals surface area contributed by atoms with Crippen molar-refractivity contribution in [2.24, 2.45) is 5.92 Å². The van der Waals surface area contributed by atoms with Gasteiger partial charge in [-0.1, -0.05) is 29.4 Å². The molecule has 0 fully saturated rings. The maximum absolute atomic E-state index is 13.1. The zero-order chi connectivity index (χ0) is 25.5. The molecule has 1 heterocycles. The fourth-order valence-corrected chi connectivity index (χ4v) is 4.62. The van der Waals surface area contributed by atoms with E-state index in [2.05, 4.69) is 16.7 Å². The summed E-state index contributed by atoms with van der Waals surface area (Å²) in [5.41, 5.74) is 0.917. The van der Waals surface area contributed by atoms with Crippen LogP contribution in [0, 0.1) is 23.1 Å². The molecule has 0 unspecified atom stereocenters. The van der Waals surface area contributed by atoms with Gasteiger partial charge in [0.25, 0.3) is 0 Å². The highest BCUT2D eigenvalue weighted by Crippen LogP contribution is 2.42. The average Bonchev–Trinajstić information content (AvgIpc) is 2.84. The molecule has 2 N–H and O–H groups in total. The Balaban J connectivity index is 1.92. The summed E-state index contributed by atoms with van der Waals surface area (Å²) in [4.78, 5) is 37.8. The minimum absolute atomic E-state index is 0.0832. The molecule has 0 saturated heterocycles. The van der Waals surface area contributed by atoms with Crippen molar-refractivity contribution in [3.63, 3.8) is 0 Å². The number of thioether (sulfide) groups is 1. The zero-order valence-corrected chi connectivity index (χ0v) is 20.3. The Kier molecular flexibility index (Phi) is 8.73. The van der Waals surface area contributed by atoms with Gasteiger partial charge in [-0.15, -0.1) is 0 Å². The highest BCUT2D eigenvalue weighted by Gasteiger charge is 2.44. The van der Waals surface area contributed by atoms with Gasteiger partial charge in [0.1, 0.15) is 17.5 Å². The number of carbonyl (C=O) groups excluding carboxylic acids is 3. The second kappa shape index (κ2) is 11.7. The molecule has 2 aromatic carbocycles. The van der Waals surface area contributed by atoms with Crippen molar-refractivity contribution < 1.29 is 28.2 Å². The Morgan fingerprint density at radius 2 is 1.97 bits per heavy atom. The van der Waals surface area contributed by atoms with E-state index < -0.39 is 35.4 Å². The lowest BCUT2D eigenvalue weighted by Crippen LogP contribution is -2.44. The predicted octanol–water partition coefficient (Wildman–Crippen LogP) is 3.99. The summed E-state index contributed by atoms with van der Waals surface area (Å²) in [6, 6.07) is 12.0. The Morgan fingerprint density at radius 3 is 2.57 bits per heavy atom. The van der Waals surface area contributed by atoms with Gasteiger partial charge in [-0.2, -0.15) is 5.26 Å². The first-order valence-electron chi connectivity index (χ1n) is 10.4. The number of benzene rings is 2. The summed E-state index contributed by atoms with van der Waals surface area (Å²) in [6.07, 6.45) is 0. The van der Waals surface area contributed by atoms with E-state index in [1.54, 1.807) is 19.1 Å². The minimum Gasteiger partial charge on any atom is -0.492 e. The molecule has 2 amide bonds. The number of methoxy groups -OCH3 is 1. The van der Waals surface area contributed by atoms with Gasteiger partial charge in [-0.25, -0.2) is 4.39 Å². The third-order valence-corrected chi connectivity index (χ3v) is 6.39. The highest BCUT2D eigenvalue weighted by atomic mass is 35.5. The van der Waals surface area contributed by atoms with Crippen LogP contribution in [0.3, 0.4) is 0 Å². The zero-order valence-electron chi connectivity index (χ0n) is 18.8. The quantitative estimate of drug-likeness (QED) is 0.401. The van der Waals surface area contributed by atoms with E-state index in [1.807, 2.05) is 0 Å². The van der Waals surface area contributed by atoms with Crippen molar-refractivity contribution in [2.45, 2.75) is 12.8 Å². The molecule has 8 nitrogen and oxygen atoms in total. The molecule has 1 aliphatic heterocycles. The summed E-state index contributed by atoms with van der Waals surface area (Å²) >= 11 is 7.25. The smallest absolute Gasteiger partial charge is 0.319 e. The number of carbonyl (C=O) groups is 3. The van der Waals surface area contributed by atoms with E-state index in [-0.39, 0.29) is 21.4 Å². The third kappa shape index (κ3) is 6.12. The second-order valence-corrected chi connectivity index (χ2v) is 8.68. The molecule has 2 aromatic rings. The topological polar surface area (TPSA) is 118 Å². The number of hydrogen-bond donors (Lipinski definition) is 2. The Morgan fingerprint density at radius 1 is 1.26 bits per heavy atom. The van der Waals surface area contributed by atoms with E-state index in [0.717, 1.165) is 18.9 Å². The highest BCUT2D eigenvalue weighted by molar-refractivity contribution is 8.03. The van der Waals surface area contributed by atoms with Gasteiger partial charge in [0.05, 0.1) is 41.2 Å². The summed E-state index contributed by atoms with van der Waals surface area (Å²) in [7, 11) is 1.15. The Bertz CT molecular complexity index is 1210. The van der Waals surface area contributed by atoms with Gasteiger partial charge in [-0.3, -0.25) is 14.4 Å². The number of nitrogens with one attached hydrogen (secondary N) is 2. The maximum Gasteiger partial charge on any atom is 0.319 e. The molecule has 0 saturated carbocycles. The number of esters is 1. The van der Waals surface area contributed by atoms with Crippen LogP contribution in [0.5, 0.6) is 5.75 Å². The molecule has 2 atom stereocenters. The molecule has 1 aliphatic rings. The first kappa shape index (κ1) is 26.1. The van der Waals surface area contributed by atoms with E-state index in [1.165, 1.54) is 30.3 Å². The van der Waals surface area contributed by atoms with Gasteiger partial charge in [0.15, 0.2) is 0 Å². The van der Waals surface area contributed by atoms with Crippen LogP contribution >= 0.6 is 23.4 Å². The predicted molar refractivity (Wildman–Crippen MR) is 129 cm³/mol. The van der Waals surface area contributed by atoms with E-state index >= 15 is 0 Å². The maximum atomic E-state index is 13.1. The molecular formula is C24H21ClFN3O5S. The van der Waals surface area contributed by atoms with Gasteiger partial charge >= 0.3 is 5.97 Å². The van der Waals surface area contributed by atoms with Crippen LogP contribution in [0.15, 0.2) is 53.1 Å². The van der Waals surface area contributed by atoms with E-state index in [0.29, 0.717) is 23.6 Å². The van der Waals surface area contributed by atoms with Gasteiger partial charge in [-0.05, 0) is 48.9 Å². The lowest BCUT2D eigenvalue weighted by atomic mass is 9.78. The summed E-state index contributed by atoms with van der Waals surface area (Å²) < 4.78 is 23.3. The average molecular weight is 518 g/mol. The number of ether oxygens (including phenoxy) is 2. The molecule has 11 heteroatoms. The Hall–Kier alpha value is -3.55. The molecule has 35 heavy (non-hydrogen) atoms. The molecule has 0 aliphatic carbocycles. The van der Waals surface area contributed by atoms with Crippen molar-refractivity contribution in [1.29, 1.82) is 5.26 Å². The summed E-state index contributed by atoms with van der Waals surface area (Å²) in [5.74, 6) is -4.42. The number of hydrogen-bond acceptors (Lipinski definition) is 7. The van der Waals surface area contributed by atoms with Crippen molar-refractivity contribution in [1.82, 2.24) is 5.32 Å². The van der Waals surface area contributed by atoms with Crippen LogP contribution in [0.1, 0.15) is 18.4 Å². The second-order valence-electron chi connectivity index (χ2n) is 7.29. The number of anilines is 1. The number of nitriles is 1. The fraction of sp³-hybridized carbons (Fsp3) is 0.250. The van der Waals surface area contributed by atoms with Crippen LogP contribution in [0.4, 0.5) is 10.1 Å². The van der Waals surface area contributed by atoms with Crippen molar-refractivity contribution in [2.75, 3.05) is 24.8 Å². The molecule has 0 spiro atoms. The largest absolute Gasteiger partial charge is 0.492 e. The van der Waals surface area contributed by atoms with Crippen molar-refractivity contribution in [3.05, 3.63) is 69.5 Å². The number of halogens is 2. The van der Waals surface area contributed by atoms with Crippen LogP contribution < -0.4 is 15.4 Å². The standard InChI is InChI=1S/C24H21ClFN3O5S/c1-3-34-18-9-4-13(10-17(18)25)20-16(11-27)23(29-22(31)21(20)24(32)33-2)35-12-19(30)28-15-7-5-14(26)6-8-15/h4-10,20-21H,3,12H2,1-2H3,(H,28,30)(H,29,31)/t20-,21-/m0/s1. The SMILES string of the molecule is CCOc1ccc([C@H]2C(C#N)=C(SCC(=O)Nc3ccc(F)cc3)NC(=O)[C@H]2C(=O)OC)cc1Cl. The number of amides is 2. The summed E-state index contributed by atoms with van der Waals surface area (Å²) in [6.45, 7) is 2.19. The number of nitrogens with zero attached hydrogens (tertiary/aromatic N) is 1. The van der Waals surface area contributed by atoms with Crippen molar-refractivity contribution in [3.8, 4) is 11.8 Å². The lowest BCUT2D eigenvalue weighted by molar-refractivity contribution is -0.150. The fourth-order valence-electron chi connectivity index (χ4n) is 3.53. The monoisotopic (exact) mass is 517 g/mol. The molecule has 0 aromatic heterocycles. The molecule has 3 rings (SSSR count). The molecule has 182 valence electrons. The van der Waals surface area contributed by atoms with Gasteiger partial charge in [0, 0.05) is 11.6 Å². The van der Waals surface area contributed by atoms with Crippen LogP contribution in [0.2, 0.25) is 5.02 Å². The number of rotatable bonds is 8. The first-order chi connectivity index (χ1) is 16.8. The normalized spacial score (nSPS) is 17.3. The molecular weight excluding hydrogens is 497 g/mol. The number of allylic oxidation sites excluding steroid dienone is 1. The third-order valence-electron chi connectivity index (χ3n) is 5.07. The van der Waals surface area contributed by atoms with Crippen molar-refractivity contribution >= 4 is 46.8 Å². The first-order valence-corrected chi connectivity index (χ1v) is 11.8. The molecule has 0 bridgehead atoms. The van der Waals surface area contributed by atoms with E-state index in [4.69, 9.17) is 21.1 Å². The van der Waals surface area contributed by atoms with Crippen LogP contribution in [0.25, 0.3) is 0 Å². The molecule has 0 radical (unpaired) electrons. The summed E-state index contributed by atoms with van der Waals surface area (Å²) in [5, 5.41) is 15.5. The lowest BCUT2D eigenvalue weighted by Gasteiger charge is -2.31. The Labute approximate surface area is 210 Å².